The van der Waals surface area contributed by atoms with E-state index in [-0.39, 0.29) is 0 Å². The quantitative estimate of drug-likeness (QED) is 0.845. The topological polar surface area (TPSA) is 27.7 Å². The number of ether oxygens (including phenoxy) is 3. The molecule has 2 aromatic carbocycles. The van der Waals surface area contributed by atoms with E-state index in [4.69, 9.17) is 14.2 Å². The molecule has 3 heteroatoms. The van der Waals surface area contributed by atoms with Gasteiger partial charge in [0.05, 0.1) is 13.2 Å². The Morgan fingerprint density at radius 1 is 1.11 bits per heavy atom. The van der Waals surface area contributed by atoms with Crippen molar-refractivity contribution in [3.8, 4) is 0 Å². The minimum Gasteiger partial charge on any atom is -0.359 e. The molecule has 0 bridgehead atoms. The highest BCUT2D eigenvalue weighted by Gasteiger charge is 2.31. The summed E-state index contributed by atoms with van der Waals surface area (Å²) >= 11 is 0. The van der Waals surface area contributed by atoms with Crippen LogP contribution >= 0.6 is 0 Å². The Bertz CT molecular complexity index is 545. The molecule has 99 valence electrons. The molecule has 0 amide bonds. The molecule has 3 rings (SSSR count). The second-order valence-electron chi connectivity index (χ2n) is 4.40. The van der Waals surface area contributed by atoms with Crippen molar-refractivity contribution in [2.24, 2.45) is 0 Å². The van der Waals surface area contributed by atoms with E-state index >= 15 is 0 Å². The Morgan fingerprint density at radius 2 is 1.95 bits per heavy atom. The summed E-state index contributed by atoms with van der Waals surface area (Å²) in [6, 6.07) is 14.4. The van der Waals surface area contributed by atoms with Crippen molar-refractivity contribution in [1.29, 1.82) is 0 Å². The zero-order valence-corrected chi connectivity index (χ0v) is 11.0. The molecular formula is C16H17O3. The Labute approximate surface area is 113 Å². The number of hydrogen-bond acceptors (Lipinski definition) is 3. The maximum Gasteiger partial charge on any atom is 0.194 e. The average Bonchev–Trinajstić information content (AvgIpc) is 2.48. The second kappa shape index (κ2) is 5.70. The SMILES string of the molecule is CCOC1OCCO[C]1c1cccc2ccccc12. The maximum atomic E-state index is 5.80. The Morgan fingerprint density at radius 3 is 2.84 bits per heavy atom. The molecule has 3 nitrogen and oxygen atoms in total. The van der Waals surface area contributed by atoms with Gasteiger partial charge in [-0.25, -0.2) is 0 Å². The number of fused-ring (bicyclic) bond motifs is 1. The van der Waals surface area contributed by atoms with E-state index in [2.05, 4.69) is 24.3 Å². The van der Waals surface area contributed by atoms with E-state index in [1.54, 1.807) is 0 Å². The number of rotatable bonds is 3. The molecule has 1 saturated heterocycles. The van der Waals surface area contributed by atoms with E-state index in [0.717, 1.165) is 17.1 Å². The molecule has 19 heavy (non-hydrogen) atoms. The van der Waals surface area contributed by atoms with Crippen LogP contribution in [0.2, 0.25) is 0 Å². The van der Waals surface area contributed by atoms with Crippen LogP contribution in [0.3, 0.4) is 0 Å². The zero-order chi connectivity index (χ0) is 13.1. The summed E-state index contributed by atoms with van der Waals surface area (Å²) in [6.07, 6.45) is 0.384. The monoisotopic (exact) mass is 257 g/mol. The van der Waals surface area contributed by atoms with Crippen molar-refractivity contribution < 1.29 is 14.2 Å². The molecule has 0 N–H and O–H groups in total. The van der Waals surface area contributed by atoms with Crippen molar-refractivity contribution >= 4 is 10.8 Å². The summed E-state index contributed by atoms with van der Waals surface area (Å²) in [6.45, 7) is 3.70. The first-order valence-corrected chi connectivity index (χ1v) is 6.61. The smallest absolute Gasteiger partial charge is 0.194 e. The lowest BCUT2D eigenvalue weighted by Gasteiger charge is -2.31. The fourth-order valence-corrected chi connectivity index (χ4v) is 2.37. The van der Waals surface area contributed by atoms with Crippen LogP contribution in [0, 0.1) is 6.10 Å². The average molecular weight is 257 g/mol. The fourth-order valence-electron chi connectivity index (χ4n) is 2.37. The van der Waals surface area contributed by atoms with Gasteiger partial charge in [-0.15, -0.1) is 0 Å². The van der Waals surface area contributed by atoms with Gasteiger partial charge < -0.3 is 14.2 Å². The van der Waals surface area contributed by atoms with Crippen LogP contribution in [0.25, 0.3) is 10.8 Å². The van der Waals surface area contributed by atoms with Crippen LogP contribution in [-0.4, -0.2) is 26.1 Å². The maximum absolute atomic E-state index is 5.80. The van der Waals surface area contributed by atoms with Crippen molar-refractivity contribution in [3.63, 3.8) is 0 Å². The van der Waals surface area contributed by atoms with Gasteiger partial charge in [-0.2, -0.15) is 0 Å². The van der Waals surface area contributed by atoms with Gasteiger partial charge in [-0.05, 0) is 17.7 Å². The number of benzene rings is 2. The number of hydrogen-bond donors (Lipinski definition) is 0. The first-order valence-electron chi connectivity index (χ1n) is 6.61. The predicted octanol–water partition coefficient (Wildman–Crippen LogP) is 3.13. The van der Waals surface area contributed by atoms with Gasteiger partial charge in [0.15, 0.2) is 12.4 Å². The third kappa shape index (κ3) is 2.50. The van der Waals surface area contributed by atoms with Gasteiger partial charge in [-0.1, -0.05) is 42.5 Å². The molecule has 0 aliphatic carbocycles. The van der Waals surface area contributed by atoms with Gasteiger partial charge in [0.1, 0.15) is 0 Å². The van der Waals surface area contributed by atoms with Gasteiger partial charge in [0.2, 0.25) is 0 Å². The summed E-state index contributed by atoms with van der Waals surface area (Å²) in [5.74, 6) is 0. The van der Waals surface area contributed by atoms with Crippen LogP contribution in [0.1, 0.15) is 12.5 Å². The molecule has 2 aromatic rings. The van der Waals surface area contributed by atoms with E-state index in [0.29, 0.717) is 19.8 Å². The molecule has 0 spiro atoms. The van der Waals surface area contributed by atoms with Gasteiger partial charge in [0.25, 0.3) is 0 Å². The highest BCUT2D eigenvalue weighted by molar-refractivity contribution is 5.87. The normalized spacial score (nSPS) is 20.8. The highest BCUT2D eigenvalue weighted by Crippen LogP contribution is 2.31. The Kier molecular flexibility index (Phi) is 3.78. The van der Waals surface area contributed by atoms with Crippen molar-refractivity contribution in [2.45, 2.75) is 13.2 Å². The van der Waals surface area contributed by atoms with E-state index in [1.165, 1.54) is 5.39 Å². The Balaban J connectivity index is 2.02. The van der Waals surface area contributed by atoms with Crippen molar-refractivity contribution in [1.82, 2.24) is 0 Å². The minimum atomic E-state index is -0.399. The second-order valence-corrected chi connectivity index (χ2v) is 4.40. The zero-order valence-electron chi connectivity index (χ0n) is 11.0. The van der Waals surface area contributed by atoms with Gasteiger partial charge >= 0.3 is 0 Å². The molecule has 1 radical (unpaired) electrons. The first-order chi connectivity index (χ1) is 9.40. The van der Waals surface area contributed by atoms with Crippen LogP contribution in [0.15, 0.2) is 42.5 Å². The van der Waals surface area contributed by atoms with Crippen LogP contribution in [0.5, 0.6) is 0 Å². The lowest BCUT2D eigenvalue weighted by Crippen LogP contribution is -2.35. The molecule has 1 aliphatic heterocycles. The molecule has 0 aromatic heterocycles. The van der Waals surface area contributed by atoms with E-state index in [1.807, 2.05) is 25.1 Å². The van der Waals surface area contributed by atoms with Crippen LogP contribution in [0.4, 0.5) is 0 Å². The summed E-state index contributed by atoms with van der Waals surface area (Å²) in [5, 5.41) is 2.35. The molecule has 1 unspecified atom stereocenters. The van der Waals surface area contributed by atoms with E-state index < -0.39 is 6.29 Å². The lowest BCUT2D eigenvalue weighted by atomic mass is 9.99. The largest absolute Gasteiger partial charge is 0.359 e. The first kappa shape index (κ1) is 12.6. The van der Waals surface area contributed by atoms with Gasteiger partial charge in [-0.3, -0.25) is 0 Å². The molecule has 1 heterocycles. The lowest BCUT2D eigenvalue weighted by molar-refractivity contribution is -0.196. The highest BCUT2D eigenvalue weighted by atomic mass is 16.7. The van der Waals surface area contributed by atoms with E-state index in [9.17, 15) is 0 Å². The molecular weight excluding hydrogens is 240 g/mol. The predicted molar refractivity (Wildman–Crippen MR) is 73.6 cm³/mol. The van der Waals surface area contributed by atoms with Crippen LogP contribution < -0.4 is 0 Å². The molecule has 1 fully saturated rings. The van der Waals surface area contributed by atoms with Gasteiger partial charge in [0, 0.05) is 12.2 Å². The standard InChI is InChI=1S/C16H17O3/c1-2-17-16-15(18-10-11-19-16)14-9-5-7-12-6-3-4-8-13(12)14/h3-9,16H,2,10-11H2,1H3. The molecule has 0 saturated carbocycles. The summed E-state index contributed by atoms with van der Waals surface area (Å²) in [7, 11) is 0. The third-order valence-electron chi connectivity index (χ3n) is 3.20. The minimum absolute atomic E-state index is 0.399. The molecule has 1 atom stereocenters. The van der Waals surface area contributed by atoms with Crippen molar-refractivity contribution in [3.05, 3.63) is 54.1 Å². The summed E-state index contributed by atoms with van der Waals surface area (Å²) < 4.78 is 17.1. The fraction of sp³-hybridized carbons (Fsp3) is 0.312. The third-order valence-corrected chi connectivity index (χ3v) is 3.20. The Hall–Kier alpha value is -1.42. The van der Waals surface area contributed by atoms with Crippen LogP contribution in [-0.2, 0) is 14.2 Å². The van der Waals surface area contributed by atoms with Crippen molar-refractivity contribution in [2.75, 3.05) is 19.8 Å². The summed E-state index contributed by atoms with van der Waals surface area (Å²) in [5.41, 5.74) is 1.05. The summed E-state index contributed by atoms with van der Waals surface area (Å²) in [4.78, 5) is 0. The molecule has 1 aliphatic rings.